The smallest absolute Gasteiger partial charge is 0.170 e. The molecular weight excluding hydrogens is 244 g/mol. The summed E-state index contributed by atoms with van der Waals surface area (Å²) in [6.07, 6.45) is 0.426. The summed E-state index contributed by atoms with van der Waals surface area (Å²) in [5, 5.41) is 0. The molecule has 0 saturated heterocycles. The number of thiol groups is 1. The number of benzene rings is 1. The zero-order chi connectivity index (χ0) is 13.7. The first-order valence-electron chi connectivity index (χ1n) is 6.20. The average Bonchev–Trinajstić information content (AvgIpc) is 2.11. The van der Waals surface area contributed by atoms with Gasteiger partial charge in [0.05, 0.1) is 12.0 Å². The molecule has 1 heterocycles. The van der Waals surface area contributed by atoms with Crippen molar-refractivity contribution >= 4 is 18.4 Å². The van der Waals surface area contributed by atoms with Gasteiger partial charge in [0.15, 0.2) is 5.78 Å². The van der Waals surface area contributed by atoms with Gasteiger partial charge in [-0.15, -0.1) is 12.6 Å². The Labute approximate surface area is 114 Å². The third kappa shape index (κ3) is 2.41. The van der Waals surface area contributed by atoms with Crippen molar-refractivity contribution in [1.29, 1.82) is 0 Å². The molecule has 2 nitrogen and oxygen atoms in total. The van der Waals surface area contributed by atoms with Crippen LogP contribution in [0.15, 0.2) is 17.0 Å². The molecule has 1 aliphatic heterocycles. The molecule has 0 saturated carbocycles. The molecular formula is C15H20O2S. The Morgan fingerprint density at radius 2 is 1.89 bits per heavy atom. The second kappa shape index (κ2) is 4.02. The minimum Gasteiger partial charge on any atom is -0.487 e. The third-order valence-corrected chi connectivity index (χ3v) is 3.55. The van der Waals surface area contributed by atoms with Crippen molar-refractivity contribution in [3.63, 3.8) is 0 Å². The van der Waals surface area contributed by atoms with Crippen LogP contribution in [0.3, 0.4) is 0 Å². The summed E-state index contributed by atoms with van der Waals surface area (Å²) >= 11 is 4.52. The zero-order valence-corrected chi connectivity index (χ0v) is 12.5. The zero-order valence-electron chi connectivity index (χ0n) is 11.6. The minimum absolute atomic E-state index is 0.0284. The van der Waals surface area contributed by atoms with Crippen LogP contribution in [0.5, 0.6) is 5.75 Å². The number of fused-ring (bicyclic) bond motifs is 1. The quantitative estimate of drug-likeness (QED) is 0.716. The van der Waals surface area contributed by atoms with E-state index in [2.05, 4.69) is 33.4 Å². The summed E-state index contributed by atoms with van der Waals surface area (Å²) < 4.78 is 5.87. The molecule has 0 bridgehead atoms. The third-order valence-electron chi connectivity index (χ3n) is 3.18. The van der Waals surface area contributed by atoms with Crippen LogP contribution in [0.25, 0.3) is 0 Å². The van der Waals surface area contributed by atoms with Gasteiger partial charge in [-0.3, -0.25) is 4.79 Å². The molecule has 0 fully saturated rings. The van der Waals surface area contributed by atoms with Gasteiger partial charge in [0.1, 0.15) is 11.4 Å². The maximum Gasteiger partial charge on any atom is 0.170 e. The van der Waals surface area contributed by atoms with Gasteiger partial charge < -0.3 is 4.74 Å². The van der Waals surface area contributed by atoms with Crippen LogP contribution < -0.4 is 4.74 Å². The number of ether oxygens (including phenoxy) is 1. The maximum absolute atomic E-state index is 12.2. The number of carbonyl (C=O) groups excluding carboxylic acids is 1. The Hall–Kier alpha value is -0.960. The largest absolute Gasteiger partial charge is 0.487 e. The Bertz CT molecular complexity index is 510. The van der Waals surface area contributed by atoms with E-state index in [0.29, 0.717) is 17.7 Å². The molecule has 1 aromatic carbocycles. The van der Waals surface area contributed by atoms with Crippen LogP contribution in [0.4, 0.5) is 0 Å². The van der Waals surface area contributed by atoms with E-state index in [1.165, 1.54) is 0 Å². The fourth-order valence-corrected chi connectivity index (χ4v) is 2.80. The fraction of sp³-hybridized carbons (Fsp3) is 0.533. The number of hydrogen-bond donors (Lipinski definition) is 1. The summed E-state index contributed by atoms with van der Waals surface area (Å²) in [5.41, 5.74) is 1.32. The van der Waals surface area contributed by atoms with Crippen LogP contribution in [0.1, 0.15) is 57.0 Å². The van der Waals surface area contributed by atoms with E-state index in [4.69, 9.17) is 4.74 Å². The number of Topliss-reactive ketones (excluding diaryl/α,β-unsaturated/α-hetero) is 1. The number of ketones is 1. The van der Waals surface area contributed by atoms with E-state index >= 15 is 0 Å². The Morgan fingerprint density at radius 3 is 2.44 bits per heavy atom. The van der Waals surface area contributed by atoms with E-state index in [1.54, 1.807) is 0 Å². The fourth-order valence-electron chi connectivity index (χ4n) is 2.29. The first-order chi connectivity index (χ1) is 8.10. The predicted octanol–water partition coefficient (Wildman–Crippen LogP) is 4.02. The summed E-state index contributed by atoms with van der Waals surface area (Å²) in [6, 6.07) is 3.81. The lowest BCUT2D eigenvalue weighted by molar-refractivity contribution is 0.0618. The molecule has 98 valence electrons. The molecule has 3 heteroatoms. The highest BCUT2D eigenvalue weighted by Crippen LogP contribution is 2.39. The molecule has 1 aliphatic rings. The highest BCUT2D eigenvalue weighted by molar-refractivity contribution is 7.80. The van der Waals surface area contributed by atoms with Gasteiger partial charge in [-0.2, -0.15) is 0 Å². The standard InChI is InChI=1S/C15H20O2S/c1-14(2,3)10-6-9-11(16)8-15(4,5)17-12(9)7-13(10)18/h6-7,18H,8H2,1-5H3. The number of carbonyl (C=O) groups is 1. The topological polar surface area (TPSA) is 26.3 Å². The van der Waals surface area contributed by atoms with Gasteiger partial charge >= 0.3 is 0 Å². The second-order valence-electron chi connectivity index (χ2n) is 6.58. The molecule has 0 amide bonds. The molecule has 18 heavy (non-hydrogen) atoms. The van der Waals surface area contributed by atoms with Crippen molar-refractivity contribution < 1.29 is 9.53 Å². The average molecular weight is 264 g/mol. The van der Waals surface area contributed by atoms with Gasteiger partial charge in [-0.25, -0.2) is 0 Å². The molecule has 0 unspecified atom stereocenters. The second-order valence-corrected chi connectivity index (χ2v) is 7.06. The Balaban J connectivity index is 2.58. The van der Waals surface area contributed by atoms with E-state index in [-0.39, 0.29) is 11.2 Å². The maximum atomic E-state index is 12.2. The summed E-state index contributed by atoms with van der Waals surface area (Å²) in [7, 11) is 0. The van der Waals surface area contributed by atoms with Crippen molar-refractivity contribution in [3.05, 3.63) is 23.3 Å². The van der Waals surface area contributed by atoms with Crippen LogP contribution >= 0.6 is 12.6 Å². The molecule has 2 rings (SSSR count). The normalized spacial score (nSPS) is 18.2. The summed E-state index contributed by atoms with van der Waals surface area (Å²) in [5.74, 6) is 0.814. The predicted molar refractivity (Wildman–Crippen MR) is 76.0 cm³/mol. The lowest BCUT2D eigenvalue weighted by atomic mass is 9.83. The first kappa shape index (κ1) is 13.5. The van der Waals surface area contributed by atoms with Gasteiger partial charge in [0, 0.05) is 4.90 Å². The SMILES string of the molecule is CC1(C)CC(=O)c2cc(C(C)(C)C)c(S)cc2O1. The Morgan fingerprint density at radius 1 is 1.28 bits per heavy atom. The van der Waals surface area contributed by atoms with Gasteiger partial charge in [0.2, 0.25) is 0 Å². The lowest BCUT2D eigenvalue weighted by Gasteiger charge is -2.33. The molecule has 0 aliphatic carbocycles. The van der Waals surface area contributed by atoms with Gasteiger partial charge in [-0.1, -0.05) is 20.8 Å². The molecule has 0 radical (unpaired) electrons. The molecule has 0 aromatic heterocycles. The van der Waals surface area contributed by atoms with Crippen molar-refractivity contribution in [1.82, 2.24) is 0 Å². The molecule has 0 N–H and O–H groups in total. The summed E-state index contributed by atoms with van der Waals surface area (Å²) in [6.45, 7) is 10.2. The van der Waals surface area contributed by atoms with E-state index in [9.17, 15) is 4.79 Å². The van der Waals surface area contributed by atoms with Gasteiger partial charge in [0.25, 0.3) is 0 Å². The minimum atomic E-state index is -0.423. The highest BCUT2D eigenvalue weighted by atomic mass is 32.1. The Kier molecular flexibility index (Phi) is 3.01. The van der Waals surface area contributed by atoms with Crippen molar-refractivity contribution in [2.45, 2.75) is 57.0 Å². The van der Waals surface area contributed by atoms with Crippen LogP contribution in [0.2, 0.25) is 0 Å². The number of hydrogen-bond acceptors (Lipinski definition) is 3. The first-order valence-corrected chi connectivity index (χ1v) is 6.65. The van der Waals surface area contributed by atoms with E-state index in [1.807, 2.05) is 26.0 Å². The monoisotopic (exact) mass is 264 g/mol. The number of rotatable bonds is 0. The summed E-state index contributed by atoms with van der Waals surface area (Å²) in [4.78, 5) is 13.1. The molecule has 0 atom stereocenters. The van der Waals surface area contributed by atoms with Crippen LogP contribution in [0, 0.1) is 0 Å². The van der Waals surface area contributed by atoms with Crippen LogP contribution in [-0.4, -0.2) is 11.4 Å². The van der Waals surface area contributed by atoms with E-state index < -0.39 is 5.60 Å². The van der Waals surface area contributed by atoms with Crippen molar-refractivity contribution in [2.24, 2.45) is 0 Å². The van der Waals surface area contributed by atoms with Crippen molar-refractivity contribution in [3.8, 4) is 5.75 Å². The van der Waals surface area contributed by atoms with Crippen LogP contribution in [-0.2, 0) is 5.41 Å². The molecule has 0 spiro atoms. The van der Waals surface area contributed by atoms with E-state index in [0.717, 1.165) is 10.5 Å². The molecule has 1 aromatic rings. The van der Waals surface area contributed by atoms with Gasteiger partial charge in [-0.05, 0) is 37.0 Å². The highest BCUT2D eigenvalue weighted by Gasteiger charge is 2.34. The van der Waals surface area contributed by atoms with Crippen molar-refractivity contribution in [2.75, 3.05) is 0 Å². The lowest BCUT2D eigenvalue weighted by Crippen LogP contribution is -2.36.